The van der Waals surface area contributed by atoms with Crippen molar-refractivity contribution in [3.05, 3.63) is 64.1 Å². The number of imidazole rings is 1. The number of aryl methyl sites for hydroxylation is 2. The smallest absolute Gasteiger partial charge is 0.336 e. The summed E-state index contributed by atoms with van der Waals surface area (Å²) in [6, 6.07) is 8.88. The maximum Gasteiger partial charge on any atom is 0.336 e. The van der Waals surface area contributed by atoms with Crippen LogP contribution in [-0.4, -0.2) is 25.4 Å². The van der Waals surface area contributed by atoms with E-state index in [4.69, 9.17) is 0 Å². The molecule has 0 unspecified atom stereocenters. The molecule has 124 valence electrons. The Morgan fingerprint density at radius 1 is 1.20 bits per heavy atom. The predicted octanol–water partition coefficient (Wildman–Crippen LogP) is 4.43. The fourth-order valence-electron chi connectivity index (χ4n) is 2.94. The first kappa shape index (κ1) is 15.5. The topological polar surface area (TPSA) is 67.5 Å². The molecule has 0 atom stereocenters. The number of carboxylic acid groups (broad SMARTS) is 1. The van der Waals surface area contributed by atoms with Crippen LogP contribution in [-0.2, 0) is 0 Å². The van der Waals surface area contributed by atoms with Crippen LogP contribution in [0.2, 0.25) is 0 Å². The van der Waals surface area contributed by atoms with Gasteiger partial charge >= 0.3 is 5.97 Å². The SMILES string of the molecule is Cc1nc2scc(C)n2c1/C=C/c1cc(C(=O)O)c2ccccc2n1. The second kappa shape index (κ2) is 5.82. The highest BCUT2D eigenvalue weighted by atomic mass is 32.1. The van der Waals surface area contributed by atoms with Gasteiger partial charge in [0.15, 0.2) is 4.96 Å². The first-order valence-electron chi connectivity index (χ1n) is 7.79. The molecular formula is C19H15N3O2S. The Hall–Kier alpha value is -2.99. The molecule has 3 heterocycles. The van der Waals surface area contributed by atoms with E-state index in [9.17, 15) is 9.90 Å². The molecule has 25 heavy (non-hydrogen) atoms. The molecule has 0 aliphatic carbocycles. The van der Waals surface area contributed by atoms with E-state index in [2.05, 4.69) is 19.7 Å². The number of benzene rings is 1. The second-order valence-electron chi connectivity index (χ2n) is 5.83. The number of aromatic carboxylic acids is 1. The molecule has 0 bridgehead atoms. The van der Waals surface area contributed by atoms with Gasteiger partial charge in [0.05, 0.1) is 28.2 Å². The minimum absolute atomic E-state index is 0.257. The van der Waals surface area contributed by atoms with Gasteiger partial charge in [0, 0.05) is 16.5 Å². The summed E-state index contributed by atoms with van der Waals surface area (Å²) in [5, 5.41) is 12.2. The van der Waals surface area contributed by atoms with Gasteiger partial charge in [-0.25, -0.2) is 14.8 Å². The minimum Gasteiger partial charge on any atom is -0.478 e. The number of nitrogens with zero attached hydrogens (tertiary/aromatic N) is 3. The number of fused-ring (bicyclic) bond motifs is 2. The van der Waals surface area contributed by atoms with Crippen molar-refractivity contribution in [2.45, 2.75) is 13.8 Å². The Labute approximate surface area is 147 Å². The van der Waals surface area contributed by atoms with E-state index in [-0.39, 0.29) is 5.56 Å². The molecule has 0 aliphatic rings. The molecule has 0 saturated carbocycles. The van der Waals surface area contributed by atoms with Gasteiger partial charge in [-0.1, -0.05) is 18.2 Å². The fourth-order valence-corrected chi connectivity index (χ4v) is 3.86. The predicted molar refractivity (Wildman–Crippen MR) is 100 cm³/mol. The molecule has 0 aliphatic heterocycles. The van der Waals surface area contributed by atoms with E-state index in [0.29, 0.717) is 16.6 Å². The van der Waals surface area contributed by atoms with E-state index in [1.54, 1.807) is 23.5 Å². The number of para-hydroxylation sites is 1. The molecule has 0 saturated heterocycles. The van der Waals surface area contributed by atoms with E-state index in [1.807, 2.05) is 44.2 Å². The average Bonchev–Trinajstić information content (AvgIpc) is 3.10. The quantitative estimate of drug-likeness (QED) is 0.594. The van der Waals surface area contributed by atoms with Gasteiger partial charge in [0.1, 0.15) is 0 Å². The number of carboxylic acids is 1. The van der Waals surface area contributed by atoms with Crippen molar-refractivity contribution in [3.63, 3.8) is 0 Å². The normalized spacial score (nSPS) is 11.8. The lowest BCUT2D eigenvalue weighted by atomic mass is 10.1. The highest BCUT2D eigenvalue weighted by Crippen LogP contribution is 2.23. The maximum absolute atomic E-state index is 11.6. The third-order valence-electron chi connectivity index (χ3n) is 4.13. The lowest BCUT2D eigenvalue weighted by Gasteiger charge is -2.04. The Morgan fingerprint density at radius 2 is 2.00 bits per heavy atom. The van der Waals surface area contributed by atoms with Crippen molar-refractivity contribution in [1.29, 1.82) is 0 Å². The van der Waals surface area contributed by atoms with Crippen LogP contribution in [0.5, 0.6) is 0 Å². The first-order chi connectivity index (χ1) is 12.0. The first-order valence-corrected chi connectivity index (χ1v) is 8.67. The van der Waals surface area contributed by atoms with E-state index in [0.717, 1.165) is 22.0 Å². The van der Waals surface area contributed by atoms with Crippen molar-refractivity contribution < 1.29 is 9.90 Å². The molecule has 0 spiro atoms. The summed E-state index contributed by atoms with van der Waals surface area (Å²) in [5.41, 5.74) is 4.58. The van der Waals surface area contributed by atoms with Crippen molar-refractivity contribution in [1.82, 2.24) is 14.4 Å². The molecule has 4 aromatic rings. The van der Waals surface area contributed by atoms with Crippen molar-refractivity contribution in [3.8, 4) is 0 Å². The lowest BCUT2D eigenvalue weighted by molar-refractivity contribution is 0.0699. The molecule has 5 nitrogen and oxygen atoms in total. The van der Waals surface area contributed by atoms with E-state index >= 15 is 0 Å². The summed E-state index contributed by atoms with van der Waals surface area (Å²) >= 11 is 1.60. The monoisotopic (exact) mass is 349 g/mol. The van der Waals surface area contributed by atoms with Crippen LogP contribution in [0.3, 0.4) is 0 Å². The highest BCUT2D eigenvalue weighted by molar-refractivity contribution is 7.15. The van der Waals surface area contributed by atoms with Gasteiger partial charge in [-0.3, -0.25) is 4.40 Å². The zero-order valence-corrected chi connectivity index (χ0v) is 14.5. The largest absolute Gasteiger partial charge is 0.478 e. The maximum atomic E-state index is 11.6. The van der Waals surface area contributed by atoms with Crippen LogP contribution in [0.4, 0.5) is 0 Å². The van der Waals surface area contributed by atoms with Crippen LogP contribution in [0.15, 0.2) is 35.7 Å². The van der Waals surface area contributed by atoms with Gasteiger partial charge in [-0.2, -0.15) is 0 Å². The summed E-state index contributed by atoms with van der Waals surface area (Å²) in [6.07, 6.45) is 3.78. The number of rotatable bonds is 3. The second-order valence-corrected chi connectivity index (χ2v) is 6.66. The number of aromatic nitrogens is 3. The molecular weight excluding hydrogens is 334 g/mol. The number of hydrogen-bond acceptors (Lipinski definition) is 4. The lowest BCUT2D eigenvalue weighted by Crippen LogP contribution is -2.00. The molecule has 0 amide bonds. The number of thiazole rings is 1. The van der Waals surface area contributed by atoms with Crippen LogP contribution < -0.4 is 0 Å². The third kappa shape index (κ3) is 2.60. The van der Waals surface area contributed by atoms with Crippen LogP contribution in [0, 0.1) is 13.8 Å². The number of carbonyl (C=O) groups is 1. The zero-order chi connectivity index (χ0) is 17.6. The summed E-state index contributed by atoms with van der Waals surface area (Å²) in [4.78, 5) is 21.6. The number of pyridine rings is 1. The summed E-state index contributed by atoms with van der Waals surface area (Å²) in [7, 11) is 0. The van der Waals surface area contributed by atoms with Crippen LogP contribution in [0.25, 0.3) is 28.0 Å². The van der Waals surface area contributed by atoms with Gasteiger partial charge in [-0.05, 0) is 38.1 Å². The summed E-state index contributed by atoms with van der Waals surface area (Å²) < 4.78 is 2.09. The fraction of sp³-hybridized carbons (Fsp3) is 0.105. The number of hydrogen-bond donors (Lipinski definition) is 1. The minimum atomic E-state index is -0.954. The third-order valence-corrected chi connectivity index (χ3v) is 5.08. The average molecular weight is 349 g/mol. The van der Waals surface area contributed by atoms with Gasteiger partial charge in [-0.15, -0.1) is 11.3 Å². The Balaban J connectivity index is 1.85. The Kier molecular flexibility index (Phi) is 3.62. The van der Waals surface area contributed by atoms with Gasteiger partial charge < -0.3 is 5.11 Å². The molecule has 0 fully saturated rings. The molecule has 3 aromatic heterocycles. The van der Waals surface area contributed by atoms with Gasteiger partial charge in [0.2, 0.25) is 0 Å². The van der Waals surface area contributed by atoms with Crippen LogP contribution in [0.1, 0.15) is 33.1 Å². The molecule has 6 heteroatoms. The van der Waals surface area contributed by atoms with Crippen molar-refractivity contribution in [2.24, 2.45) is 0 Å². The van der Waals surface area contributed by atoms with Crippen LogP contribution >= 0.6 is 11.3 Å². The highest BCUT2D eigenvalue weighted by Gasteiger charge is 2.12. The summed E-state index contributed by atoms with van der Waals surface area (Å²) in [6.45, 7) is 4.01. The Morgan fingerprint density at radius 3 is 2.80 bits per heavy atom. The standard InChI is InChI=1S/C19H15N3O2S/c1-11-10-25-19-20-12(2)17(22(11)19)8-7-13-9-15(18(23)24)14-5-3-4-6-16(14)21-13/h3-10H,1-2H3,(H,23,24)/b8-7+. The Bertz CT molecular complexity index is 1150. The molecule has 4 rings (SSSR count). The summed E-state index contributed by atoms with van der Waals surface area (Å²) in [5.74, 6) is -0.954. The molecule has 1 N–H and O–H groups in total. The zero-order valence-electron chi connectivity index (χ0n) is 13.7. The van der Waals surface area contributed by atoms with E-state index in [1.165, 1.54) is 0 Å². The van der Waals surface area contributed by atoms with Crippen molar-refractivity contribution >= 4 is 45.3 Å². The molecule has 1 aromatic carbocycles. The van der Waals surface area contributed by atoms with Gasteiger partial charge in [0.25, 0.3) is 0 Å². The van der Waals surface area contributed by atoms with E-state index < -0.39 is 5.97 Å². The van der Waals surface area contributed by atoms with Crippen molar-refractivity contribution in [2.75, 3.05) is 0 Å². The molecule has 0 radical (unpaired) electrons.